The van der Waals surface area contributed by atoms with Crippen LogP contribution in [0.5, 0.6) is 0 Å². The van der Waals surface area contributed by atoms with Crippen molar-refractivity contribution in [2.24, 2.45) is 5.10 Å². The lowest BCUT2D eigenvalue weighted by Gasteiger charge is -2.32. The number of benzene rings is 1. The van der Waals surface area contributed by atoms with E-state index < -0.39 is 0 Å². The van der Waals surface area contributed by atoms with Crippen LogP contribution in [-0.4, -0.2) is 61.7 Å². The molecule has 0 aromatic heterocycles. The number of amides is 1. The molecule has 0 bridgehead atoms. The zero-order valence-electron chi connectivity index (χ0n) is 12.0. The summed E-state index contributed by atoms with van der Waals surface area (Å²) in [4.78, 5) is 16.3. The molecular formula is C15H22N4O. The number of hydrogen-bond donors (Lipinski definition) is 1. The molecular weight excluding hydrogens is 252 g/mol. The first-order valence-corrected chi connectivity index (χ1v) is 7.02. The average molecular weight is 274 g/mol. The fourth-order valence-electron chi connectivity index (χ4n) is 2.10. The van der Waals surface area contributed by atoms with Crippen LogP contribution in [0, 0.1) is 0 Å². The monoisotopic (exact) mass is 274 g/mol. The highest BCUT2D eigenvalue weighted by Crippen LogP contribution is 2.00. The number of hydrogen-bond acceptors (Lipinski definition) is 4. The van der Waals surface area contributed by atoms with Gasteiger partial charge in [0, 0.05) is 39.1 Å². The van der Waals surface area contributed by atoms with Crippen molar-refractivity contribution in [3.05, 3.63) is 35.9 Å². The van der Waals surface area contributed by atoms with Crippen molar-refractivity contribution in [2.75, 3.05) is 39.8 Å². The largest absolute Gasteiger partial charge is 0.304 e. The molecule has 1 aromatic carbocycles. The van der Waals surface area contributed by atoms with Crippen LogP contribution in [0.1, 0.15) is 12.0 Å². The lowest BCUT2D eigenvalue weighted by atomic mass is 10.2. The van der Waals surface area contributed by atoms with E-state index in [9.17, 15) is 4.79 Å². The maximum Gasteiger partial charge on any atom is 0.241 e. The minimum absolute atomic E-state index is 0.0314. The number of rotatable bonds is 5. The van der Waals surface area contributed by atoms with Gasteiger partial charge in [0.2, 0.25) is 5.91 Å². The highest BCUT2D eigenvalue weighted by molar-refractivity contribution is 5.82. The third-order valence-electron chi connectivity index (χ3n) is 3.45. The number of piperazine rings is 1. The summed E-state index contributed by atoms with van der Waals surface area (Å²) in [7, 11) is 2.13. The quantitative estimate of drug-likeness (QED) is 0.637. The first kappa shape index (κ1) is 14.7. The maximum atomic E-state index is 11.7. The molecule has 108 valence electrons. The van der Waals surface area contributed by atoms with Crippen LogP contribution in [0.4, 0.5) is 0 Å². The van der Waals surface area contributed by atoms with Crippen molar-refractivity contribution >= 4 is 12.1 Å². The van der Waals surface area contributed by atoms with Gasteiger partial charge in [0.1, 0.15) is 0 Å². The Labute approximate surface area is 120 Å². The second-order valence-electron chi connectivity index (χ2n) is 5.10. The number of nitrogens with one attached hydrogen (secondary N) is 1. The molecule has 1 fully saturated rings. The second-order valence-corrected chi connectivity index (χ2v) is 5.10. The molecule has 2 rings (SSSR count). The summed E-state index contributed by atoms with van der Waals surface area (Å²) in [6, 6.07) is 9.72. The van der Waals surface area contributed by atoms with E-state index in [4.69, 9.17) is 0 Å². The molecule has 1 aromatic rings. The molecule has 0 unspecified atom stereocenters. The van der Waals surface area contributed by atoms with Gasteiger partial charge < -0.3 is 9.80 Å². The standard InChI is InChI=1S/C15H22N4O/c1-18-9-11-19(12-10-18)8-7-15(20)17-16-13-14-5-3-2-4-6-14/h2-6,13H,7-12H2,1H3,(H,17,20). The van der Waals surface area contributed by atoms with Crippen LogP contribution < -0.4 is 5.43 Å². The fraction of sp³-hybridized carbons (Fsp3) is 0.467. The minimum Gasteiger partial charge on any atom is -0.304 e. The van der Waals surface area contributed by atoms with Crippen molar-refractivity contribution < 1.29 is 4.79 Å². The molecule has 0 atom stereocenters. The van der Waals surface area contributed by atoms with Gasteiger partial charge in [-0.2, -0.15) is 5.10 Å². The molecule has 0 spiro atoms. The lowest BCUT2D eigenvalue weighted by Crippen LogP contribution is -2.45. The SMILES string of the molecule is CN1CCN(CCC(=O)NN=Cc2ccccc2)CC1. The number of hydrazone groups is 1. The first-order chi connectivity index (χ1) is 9.74. The zero-order valence-corrected chi connectivity index (χ0v) is 12.0. The molecule has 20 heavy (non-hydrogen) atoms. The smallest absolute Gasteiger partial charge is 0.241 e. The molecule has 5 heteroatoms. The van der Waals surface area contributed by atoms with Crippen LogP contribution in [0.15, 0.2) is 35.4 Å². The number of carbonyl (C=O) groups excluding carboxylic acids is 1. The molecule has 0 saturated carbocycles. The first-order valence-electron chi connectivity index (χ1n) is 7.02. The average Bonchev–Trinajstić information content (AvgIpc) is 2.48. The van der Waals surface area contributed by atoms with E-state index >= 15 is 0 Å². The van der Waals surface area contributed by atoms with Crippen LogP contribution in [0.25, 0.3) is 0 Å². The van der Waals surface area contributed by atoms with E-state index in [1.807, 2.05) is 30.3 Å². The van der Waals surface area contributed by atoms with Gasteiger partial charge in [0.25, 0.3) is 0 Å². The summed E-state index contributed by atoms with van der Waals surface area (Å²) in [5, 5.41) is 3.97. The zero-order chi connectivity index (χ0) is 14.2. The Morgan fingerprint density at radius 2 is 1.95 bits per heavy atom. The van der Waals surface area contributed by atoms with Crippen molar-refractivity contribution in [1.29, 1.82) is 0 Å². The third kappa shape index (κ3) is 5.11. The molecule has 5 nitrogen and oxygen atoms in total. The Kier molecular flexibility index (Phi) is 5.70. The van der Waals surface area contributed by atoms with Crippen LogP contribution >= 0.6 is 0 Å². The van der Waals surface area contributed by atoms with E-state index in [1.165, 1.54) is 0 Å². The van der Waals surface area contributed by atoms with E-state index in [-0.39, 0.29) is 5.91 Å². The van der Waals surface area contributed by atoms with E-state index in [0.717, 1.165) is 38.3 Å². The van der Waals surface area contributed by atoms with Gasteiger partial charge in [-0.1, -0.05) is 30.3 Å². The van der Waals surface area contributed by atoms with E-state index in [1.54, 1.807) is 6.21 Å². The number of nitrogens with zero attached hydrogens (tertiary/aromatic N) is 3. The molecule has 1 aliphatic rings. The summed E-state index contributed by atoms with van der Waals surface area (Å²) >= 11 is 0. The molecule has 1 saturated heterocycles. The van der Waals surface area contributed by atoms with Crippen LogP contribution in [0.2, 0.25) is 0 Å². The topological polar surface area (TPSA) is 47.9 Å². The molecule has 1 aliphatic heterocycles. The summed E-state index contributed by atoms with van der Waals surface area (Å²) < 4.78 is 0. The van der Waals surface area contributed by atoms with Gasteiger partial charge in [-0.15, -0.1) is 0 Å². The predicted molar refractivity (Wildman–Crippen MR) is 80.7 cm³/mol. The van der Waals surface area contributed by atoms with Gasteiger partial charge in [-0.3, -0.25) is 4.79 Å². The Balaban J connectivity index is 1.64. The van der Waals surface area contributed by atoms with Crippen molar-refractivity contribution in [3.8, 4) is 0 Å². The summed E-state index contributed by atoms with van der Waals surface area (Å²) in [6.07, 6.45) is 2.16. The molecule has 1 N–H and O–H groups in total. The summed E-state index contributed by atoms with van der Waals surface area (Å²) in [6.45, 7) is 5.04. The van der Waals surface area contributed by atoms with Crippen LogP contribution in [-0.2, 0) is 4.79 Å². The van der Waals surface area contributed by atoms with Crippen molar-refractivity contribution in [2.45, 2.75) is 6.42 Å². The third-order valence-corrected chi connectivity index (χ3v) is 3.45. The Morgan fingerprint density at radius 3 is 2.65 bits per heavy atom. The van der Waals surface area contributed by atoms with Gasteiger partial charge in [-0.05, 0) is 12.6 Å². The number of carbonyl (C=O) groups is 1. The summed E-state index contributed by atoms with van der Waals surface area (Å²) in [5.41, 5.74) is 3.55. The van der Waals surface area contributed by atoms with Crippen molar-refractivity contribution in [3.63, 3.8) is 0 Å². The van der Waals surface area contributed by atoms with Gasteiger partial charge in [0.15, 0.2) is 0 Å². The maximum absolute atomic E-state index is 11.7. The van der Waals surface area contributed by atoms with E-state index in [2.05, 4.69) is 27.4 Å². The highest BCUT2D eigenvalue weighted by atomic mass is 16.2. The molecule has 1 amide bonds. The fourth-order valence-corrected chi connectivity index (χ4v) is 2.10. The Morgan fingerprint density at radius 1 is 1.25 bits per heavy atom. The predicted octanol–water partition coefficient (Wildman–Crippen LogP) is 0.774. The summed E-state index contributed by atoms with van der Waals surface area (Å²) in [5.74, 6) is -0.0314. The molecule has 0 aliphatic carbocycles. The van der Waals surface area contributed by atoms with Gasteiger partial charge >= 0.3 is 0 Å². The Bertz CT molecular complexity index is 438. The van der Waals surface area contributed by atoms with Gasteiger partial charge in [0.05, 0.1) is 6.21 Å². The Hall–Kier alpha value is -1.72. The van der Waals surface area contributed by atoms with Crippen molar-refractivity contribution in [1.82, 2.24) is 15.2 Å². The number of likely N-dealkylation sites (N-methyl/N-ethyl adjacent to an activating group) is 1. The lowest BCUT2D eigenvalue weighted by molar-refractivity contribution is -0.121. The molecule has 0 radical (unpaired) electrons. The highest BCUT2D eigenvalue weighted by Gasteiger charge is 2.14. The second kappa shape index (κ2) is 7.77. The normalized spacial score (nSPS) is 17.4. The minimum atomic E-state index is -0.0314. The van der Waals surface area contributed by atoms with Crippen LogP contribution in [0.3, 0.4) is 0 Å². The van der Waals surface area contributed by atoms with E-state index in [0.29, 0.717) is 6.42 Å². The van der Waals surface area contributed by atoms with Gasteiger partial charge in [-0.25, -0.2) is 5.43 Å². The molecule has 1 heterocycles.